The summed E-state index contributed by atoms with van der Waals surface area (Å²) in [5.41, 5.74) is -0.817. The molecule has 5 rings (SSSR count). The van der Waals surface area contributed by atoms with E-state index in [0.717, 1.165) is 31.4 Å². The minimum absolute atomic E-state index is 0.00104. The Hall–Kier alpha value is -2.08. The molecule has 36 heavy (non-hydrogen) atoms. The first-order valence-electron chi connectivity index (χ1n) is 11.9. The van der Waals surface area contributed by atoms with Crippen LogP contribution in [-0.4, -0.2) is 57.2 Å². The van der Waals surface area contributed by atoms with Crippen molar-refractivity contribution in [3.63, 3.8) is 0 Å². The van der Waals surface area contributed by atoms with Crippen LogP contribution < -0.4 is 4.72 Å². The molecular weight excluding hydrogens is 503 g/mol. The Kier molecular flexibility index (Phi) is 6.63. The molecule has 2 aromatic carbocycles. The smallest absolute Gasteiger partial charge is 0.377 e. The molecule has 1 N–H and O–H groups in total. The van der Waals surface area contributed by atoms with Crippen LogP contribution in [-0.2, 0) is 27.4 Å². The zero-order valence-corrected chi connectivity index (χ0v) is 20.2. The average molecular weight is 531 g/mol. The number of sulfonamides is 1. The van der Waals surface area contributed by atoms with Gasteiger partial charge in [-0.25, -0.2) is 21.9 Å². The van der Waals surface area contributed by atoms with E-state index in [0.29, 0.717) is 19.7 Å². The molecule has 5 nitrogen and oxygen atoms in total. The number of benzene rings is 2. The van der Waals surface area contributed by atoms with Gasteiger partial charge in [0.25, 0.3) is 0 Å². The summed E-state index contributed by atoms with van der Waals surface area (Å²) in [6.45, 7) is 1.79. The summed E-state index contributed by atoms with van der Waals surface area (Å²) in [7, 11) is -4.16. The predicted octanol–water partition coefficient (Wildman–Crippen LogP) is 4.52. The van der Waals surface area contributed by atoms with Crippen molar-refractivity contribution in [2.45, 2.75) is 50.0 Å². The summed E-state index contributed by atoms with van der Waals surface area (Å²) in [5.74, 6) is -0.652. The fraction of sp³-hybridized carbons (Fsp3) is 0.520. The molecule has 3 aliphatic rings. The Morgan fingerprint density at radius 1 is 1.14 bits per heavy atom. The maximum absolute atomic E-state index is 15.7. The van der Waals surface area contributed by atoms with Gasteiger partial charge in [-0.05, 0) is 48.9 Å². The molecule has 3 fully saturated rings. The topological polar surface area (TPSA) is 58.6 Å². The molecule has 1 unspecified atom stereocenters. The first-order valence-corrected chi connectivity index (χ1v) is 13.5. The zero-order valence-electron chi connectivity index (χ0n) is 19.4. The highest BCUT2D eigenvalue weighted by Gasteiger charge is 2.60. The maximum Gasteiger partial charge on any atom is 0.416 e. The largest absolute Gasteiger partial charge is 0.416 e. The first-order chi connectivity index (χ1) is 17.0. The van der Waals surface area contributed by atoms with Crippen molar-refractivity contribution in [1.82, 2.24) is 9.62 Å². The van der Waals surface area contributed by atoms with Gasteiger partial charge in [0, 0.05) is 42.8 Å². The summed E-state index contributed by atoms with van der Waals surface area (Å²) in [5, 5.41) is 0. The average Bonchev–Trinajstić information content (AvgIpc) is 3.53. The summed E-state index contributed by atoms with van der Waals surface area (Å²) < 4.78 is 101. The van der Waals surface area contributed by atoms with Gasteiger partial charge in [0.1, 0.15) is 5.82 Å². The van der Waals surface area contributed by atoms with Crippen LogP contribution >= 0.6 is 0 Å². The van der Waals surface area contributed by atoms with Gasteiger partial charge in [-0.15, -0.1) is 0 Å². The Morgan fingerprint density at radius 3 is 2.47 bits per heavy atom. The molecule has 2 saturated heterocycles. The molecule has 196 valence electrons. The van der Waals surface area contributed by atoms with Crippen LogP contribution in [0.4, 0.5) is 22.0 Å². The van der Waals surface area contributed by atoms with Crippen molar-refractivity contribution in [3.05, 3.63) is 59.4 Å². The van der Waals surface area contributed by atoms with Gasteiger partial charge in [0.05, 0.1) is 11.7 Å². The highest BCUT2D eigenvalue weighted by Crippen LogP contribution is 2.55. The van der Waals surface area contributed by atoms with Gasteiger partial charge in [-0.3, -0.25) is 4.90 Å². The van der Waals surface area contributed by atoms with Crippen LogP contribution in [0.5, 0.6) is 0 Å². The van der Waals surface area contributed by atoms with Crippen LogP contribution in [0.1, 0.15) is 30.4 Å². The summed E-state index contributed by atoms with van der Waals surface area (Å²) in [4.78, 5) is 2.10. The van der Waals surface area contributed by atoms with Crippen LogP contribution in [0.25, 0.3) is 11.1 Å². The third kappa shape index (κ3) is 5.03. The number of ether oxygens (including phenoxy) is 1. The van der Waals surface area contributed by atoms with Gasteiger partial charge < -0.3 is 4.74 Å². The molecule has 2 heterocycles. The molecule has 1 aliphatic carbocycles. The molecule has 0 amide bonds. The number of halogens is 5. The van der Waals surface area contributed by atoms with Gasteiger partial charge in [0.15, 0.2) is 0 Å². The van der Waals surface area contributed by atoms with Crippen molar-refractivity contribution < 1.29 is 35.1 Å². The van der Waals surface area contributed by atoms with Crippen LogP contribution in [0.15, 0.2) is 42.5 Å². The predicted molar refractivity (Wildman–Crippen MR) is 124 cm³/mol. The Labute approximate surface area is 206 Å². The van der Waals surface area contributed by atoms with E-state index in [2.05, 4.69) is 9.62 Å². The van der Waals surface area contributed by atoms with E-state index in [9.17, 15) is 26.0 Å². The molecule has 0 radical (unpaired) electrons. The molecule has 1 saturated carbocycles. The minimum atomic E-state index is -4.56. The minimum Gasteiger partial charge on any atom is -0.377 e. The van der Waals surface area contributed by atoms with E-state index < -0.39 is 45.7 Å². The second-order valence-corrected chi connectivity index (χ2v) is 11.7. The quantitative estimate of drug-likeness (QED) is 0.510. The van der Waals surface area contributed by atoms with Crippen molar-refractivity contribution in [1.29, 1.82) is 0 Å². The van der Waals surface area contributed by atoms with Gasteiger partial charge in [-0.2, -0.15) is 13.2 Å². The van der Waals surface area contributed by atoms with Crippen LogP contribution in [0, 0.1) is 11.2 Å². The number of nitrogens with zero attached hydrogens (tertiary/aromatic N) is 1. The number of hydrogen-bond donors (Lipinski definition) is 1. The van der Waals surface area contributed by atoms with E-state index in [1.807, 2.05) is 0 Å². The highest BCUT2D eigenvalue weighted by atomic mass is 32.2. The fourth-order valence-corrected chi connectivity index (χ4v) is 6.34. The van der Waals surface area contributed by atoms with Crippen molar-refractivity contribution in [3.8, 4) is 11.1 Å². The molecular formula is C25H27F5N2O3S. The van der Waals surface area contributed by atoms with E-state index in [-0.39, 0.29) is 34.6 Å². The fourth-order valence-electron chi connectivity index (χ4n) is 5.48. The lowest BCUT2D eigenvalue weighted by molar-refractivity contribution is -0.137. The standard InChI is InChI=1S/C25H27F5N2O3S/c26-15-36(33,34)31-23-21(32(13-19-7-10-35-19)14-24(23)8-9-24)12-17-4-2-6-20(22(17)27)16-3-1-5-18(11-16)25(28,29)30/h1-6,11,19,21,23,31H,7-10,12-15H2/t19?,21-,23+/m0/s1. The second-order valence-electron chi connectivity index (χ2n) is 10.0. The van der Waals surface area contributed by atoms with Gasteiger partial charge in [-0.1, -0.05) is 30.3 Å². The molecule has 11 heteroatoms. The van der Waals surface area contributed by atoms with Crippen molar-refractivity contribution in [2.75, 3.05) is 25.7 Å². The molecule has 2 aromatic rings. The van der Waals surface area contributed by atoms with Crippen molar-refractivity contribution in [2.24, 2.45) is 5.41 Å². The van der Waals surface area contributed by atoms with E-state index in [1.165, 1.54) is 18.2 Å². The molecule has 2 aliphatic heterocycles. The molecule has 0 bridgehead atoms. The lowest BCUT2D eigenvalue weighted by atomic mass is 9.91. The lowest BCUT2D eigenvalue weighted by Crippen LogP contribution is -2.50. The number of alkyl halides is 4. The molecule has 1 spiro atoms. The first kappa shape index (κ1) is 25.6. The van der Waals surface area contributed by atoms with Crippen molar-refractivity contribution >= 4 is 10.0 Å². The summed E-state index contributed by atoms with van der Waals surface area (Å²) in [6, 6.07) is 6.46. The van der Waals surface area contributed by atoms with Crippen LogP contribution in [0.3, 0.4) is 0 Å². The normalized spacial score (nSPS) is 25.8. The Balaban J connectivity index is 1.47. The molecule has 0 aromatic heterocycles. The Morgan fingerprint density at radius 2 is 1.86 bits per heavy atom. The maximum atomic E-state index is 15.7. The van der Waals surface area contributed by atoms with Crippen LogP contribution in [0.2, 0.25) is 0 Å². The third-order valence-corrected chi connectivity index (χ3v) is 8.51. The Bertz CT molecular complexity index is 1230. The lowest BCUT2D eigenvalue weighted by Gasteiger charge is -2.35. The van der Waals surface area contributed by atoms with E-state index >= 15 is 4.39 Å². The van der Waals surface area contributed by atoms with E-state index in [4.69, 9.17) is 4.74 Å². The van der Waals surface area contributed by atoms with E-state index in [1.54, 1.807) is 12.1 Å². The summed E-state index contributed by atoms with van der Waals surface area (Å²) in [6.07, 6.45) is -2.02. The van der Waals surface area contributed by atoms with Gasteiger partial charge in [0.2, 0.25) is 16.0 Å². The summed E-state index contributed by atoms with van der Waals surface area (Å²) >= 11 is 0. The third-order valence-electron chi connectivity index (χ3n) is 7.61. The molecule has 3 atom stereocenters. The number of hydrogen-bond acceptors (Lipinski definition) is 4. The second kappa shape index (κ2) is 9.34. The SMILES string of the molecule is O=S(=O)(CF)N[C@@H]1[C@H](Cc2cccc(-c3cccc(C(F)(F)F)c3)c2F)N(CC2CCO2)CC12CC2. The number of likely N-dealkylation sites (tertiary alicyclic amines) is 1. The highest BCUT2D eigenvalue weighted by molar-refractivity contribution is 7.89. The zero-order chi connectivity index (χ0) is 25.7. The monoisotopic (exact) mass is 530 g/mol. The van der Waals surface area contributed by atoms with Gasteiger partial charge >= 0.3 is 6.18 Å². The number of rotatable bonds is 8. The number of nitrogens with one attached hydrogen (secondary N) is 1.